The Hall–Kier alpha value is -2.18. The first kappa shape index (κ1) is 20.1. The number of benzene rings is 2. The second-order valence-electron chi connectivity index (χ2n) is 7.78. The molecule has 1 saturated carbocycles. The van der Waals surface area contributed by atoms with Gasteiger partial charge in [0.15, 0.2) is 11.5 Å². The summed E-state index contributed by atoms with van der Waals surface area (Å²) in [5, 5.41) is 10.7. The normalized spacial score (nSPS) is 26.1. The average molecular weight is 414 g/mol. The monoisotopic (exact) mass is 413 g/mol. The highest BCUT2D eigenvalue weighted by Gasteiger charge is 2.44. The molecule has 2 aromatic carbocycles. The van der Waals surface area contributed by atoms with Gasteiger partial charge in [-0.05, 0) is 55.2 Å². The minimum Gasteiger partial charge on any atom is -0.493 e. The largest absolute Gasteiger partial charge is 0.493 e. The third-order valence-corrected chi connectivity index (χ3v) is 6.85. The molecule has 0 radical (unpaired) electrons. The van der Waals surface area contributed by atoms with Crippen LogP contribution in [0.2, 0.25) is 0 Å². The smallest absolute Gasteiger partial charge is 0.255 e. The van der Waals surface area contributed by atoms with E-state index in [2.05, 4.69) is 0 Å². The highest BCUT2D eigenvalue weighted by Crippen LogP contribution is 2.40. The quantitative estimate of drug-likeness (QED) is 0.758. The van der Waals surface area contributed by atoms with Crippen LogP contribution in [0.15, 0.2) is 53.4 Å². The zero-order valence-electron chi connectivity index (χ0n) is 16.8. The fourth-order valence-electron chi connectivity index (χ4n) is 4.55. The van der Waals surface area contributed by atoms with Crippen LogP contribution in [0.3, 0.4) is 0 Å². The molecule has 0 spiro atoms. The van der Waals surface area contributed by atoms with E-state index < -0.39 is 6.10 Å². The first-order chi connectivity index (χ1) is 14.1. The summed E-state index contributed by atoms with van der Waals surface area (Å²) in [5.74, 6) is 2.05. The minimum atomic E-state index is -0.547. The molecule has 1 saturated heterocycles. The Bertz CT molecular complexity index is 873. The van der Waals surface area contributed by atoms with Crippen molar-refractivity contribution in [2.45, 2.75) is 29.9 Å². The summed E-state index contributed by atoms with van der Waals surface area (Å²) in [6.07, 6.45) is 2.54. The van der Waals surface area contributed by atoms with Gasteiger partial charge in [0.05, 0.1) is 18.8 Å². The van der Waals surface area contributed by atoms with E-state index in [1.54, 1.807) is 18.9 Å². The van der Waals surface area contributed by atoms with Crippen LogP contribution in [-0.2, 0) is 0 Å². The van der Waals surface area contributed by atoms with Gasteiger partial charge >= 0.3 is 0 Å². The summed E-state index contributed by atoms with van der Waals surface area (Å²) < 4.78 is 11.5. The van der Waals surface area contributed by atoms with Crippen molar-refractivity contribution >= 4 is 17.7 Å². The van der Waals surface area contributed by atoms with E-state index in [1.165, 1.54) is 0 Å². The van der Waals surface area contributed by atoms with E-state index in [4.69, 9.17) is 9.47 Å². The summed E-state index contributed by atoms with van der Waals surface area (Å²) in [6, 6.07) is 15.3. The van der Waals surface area contributed by atoms with Gasteiger partial charge in [0.25, 0.3) is 5.91 Å². The number of hydrogen-bond acceptors (Lipinski definition) is 5. The lowest BCUT2D eigenvalue weighted by atomic mass is 9.78. The molecule has 154 valence electrons. The molecule has 1 heterocycles. The number of aliphatic hydroxyl groups is 1. The van der Waals surface area contributed by atoms with Crippen molar-refractivity contribution in [3.63, 3.8) is 0 Å². The molecule has 0 bridgehead atoms. The molecule has 1 N–H and O–H groups in total. The molecule has 2 fully saturated rings. The molecule has 1 aliphatic carbocycles. The van der Waals surface area contributed by atoms with E-state index in [0.29, 0.717) is 42.8 Å². The summed E-state index contributed by atoms with van der Waals surface area (Å²) in [4.78, 5) is 16.1. The zero-order chi connectivity index (χ0) is 20.4. The SMILES string of the molecule is COc1ccccc1O[C@@H]1C[C@@H]2CN(C(=O)c3ccccc3SC)C[C@@H]2C[C@H]1O. The van der Waals surface area contributed by atoms with Crippen molar-refractivity contribution in [1.82, 2.24) is 4.90 Å². The average Bonchev–Trinajstić information content (AvgIpc) is 3.16. The van der Waals surface area contributed by atoms with E-state index in [-0.39, 0.29) is 12.0 Å². The molecule has 4 rings (SSSR count). The van der Waals surface area contributed by atoms with Crippen LogP contribution in [-0.4, -0.2) is 54.6 Å². The molecule has 0 unspecified atom stereocenters. The number of methoxy groups -OCH3 is 1. The van der Waals surface area contributed by atoms with Crippen LogP contribution < -0.4 is 9.47 Å². The molecule has 1 amide bonds. The van der Waals surface area contributed by atoms with E-state index >= 15 is 0 Å². The molecular weight excluding hydrogens is 386 g/mol. The molecular formula is C23H27NO4S. The zero-order valence-corrected chi connectivity index (χ0v) is 17.6. The van der Waals surface area contributed by atoms with Gasteiger partial charge in [-0.25, -0.2) is 0 Å². The maximum Gasteiger partial charge on any atom is 0.255 e. The molecule has 6 heteroatoms. The van der Waals surface area contributed by atoms with Gasteiger partial charge in [0, 0.05) is 18.0 Å². The Balaban J connectivity index is 1.45. The Morgan fingerprint density at radius 1 is 1.03 bits per heavy atom. The topological polar surface area (TPSA) is 59.0 Å². The fraction of sp³-hybridized carbons (Fsp3) is 0.435. The van der Waals surface area contributed by atoms with E-state index in [0.717, 1.165) is 16.9 Å². The number of ether oxygens (including phenoxy) is 2. The van der Waals surface area contributed by atoms with Crippen LogP contribution >= 0.6 is 11.8 Å². The lowest BCUT2D eigenvalue weighted by molar-refractivity contribution is -0.0240. The summed E-state index contributed by atoms with van der Waals surface area (Å²) in [7, 11) is 1.61. The second kappa shape index (κ2) is 8.67. The number of amides is 1. The van der Waals surface area contributed by atoms with Gasteiger partial charge < -0.3 is 19.5 Å². The number of likely N-dealkylation sites (tertiary alicyclic amines) is 1. The molecule has 2 aliphatic rings. The van der Waals surface area contributed by atoms with E-state index in [9.17, 15) is 9.90 Å². The number of thioether (sulfide) groups is 1. The fourth-order valence-corrected chi connectivity index (χ4v) is 5.14. The van der Waals surface area contributed by atoms with Crippen LogP contribution in [0.25, 0.3) is 0 Å². The van der Waals surface area contributed by atoms with Crippen molar-refractivity contribution in [1.29, 1.82) is 0 Å². The van der Waals surface area contributed by atoms with Gasteiger partial charge in [-0.3, -0.25) is 4.79 Å². The predicted octanol–water partition coefficient (Wildman–Crippen LogP) is 3.71. The van der Waals surface area contributed by atoms with Gasteiger partial charge in [0.2, 0.25) is 0 Å². The lowest BCUT2D eigenvalue weighted by Gasteiger charge is -2.35. The number of nitrogens with zero attached hydrogens (tertiary/aromatic N) is 1. The number of carbonyl (C=O) groups is 1. The van der Waals surface area contributed by atoms with E-state index in [1.807, 2.05) is 59.7 Å². The van der Waals surface area contributed by atoms with Gasteiger partial charge in [-0.15, -0.1) is 11.8 Å². The maximum absolute atomic E-state index is 13.1. The minimum absolute atomic E-state index is 0.0843. The molecule has 29 heavy (non-hydrogen) atoms. The maximum atomic E-state index is 13.1. The van der Waals surface area contributed by atoms with Crippen molar-refractivity contribution < 1.29 is 19.4 Å². The van der Waals surface area contributed by atoms with Crippen LogP contribution in [0.4, 0.5) is 0 Å². The summed E-state index contributed by atoms with van der Waals surface area (Å²) in [5.41, 5.74) is 0.765. The molecule has 2 aromatic rings. The van der Waals surface area contributed by atoms with Crippen molar-refractivity contribution in [2.24, 2.45) is 11.8 Å². The van der Waals surface area contributed by atoms with Crippen molar-refractivity contribution in [3.8, 4) is 11.5 Å². The summed E-state index contributed by atoms with van der Waals surface area (Å²) in [6.45, 7) is 1.41. The highest BCUT2D eigenvalue weighted by atomic mass is 32.2. The Kier molecular flexibility index (Phi) is 6.01. The standard InChI is InChI=1S/C23H27NO4S/c1-27-19-8-4-5-9-20(19)28-21-12-16-14-24(13-15(16)11-18(21)25)23(26)17-7-3-6-10-22(17)29-2/h3-10,15-16,18,21,25H,11-14H2,1-2H3/t15-,16+,18+,21+/m0/s1. The number of hydrogen-bond donors (Lipinski definition) is 1. The van der Waals surface area contributed by atoms with Crippen molar-refractivity contribution in [2.75, 3.05) is 26.5 Å². The molecule has 4 atom stereocenters. The summed E-state index contributed by atoms with van der Waals surface area (Å²) >= 11 is 1.59. The van der Waals surface area contributed by atoms with Crippen LogP contribution in [0.5, 0.6) is 11.5 Å². The number of fused-ring (bicyclic) bond motifs is 1. The molecule has 5 nitrogen and oxygen atoms in total. The highest BCUT2D eigenvalue weighted by molar-refractivity contribution is 7.98. The van der Waals surface area contributed by atoms with Gasteiger partial charge in [0.1, 0.15) is 6.10 Å². The van der Waals surface area contributed by atoms with Gasteiger partial charge in [-0.2, -0.15) is 0 Å². The first-order valence-corrected chi connectivity index (χ1v) is 11.2. The molecule has 1 aliphatic heterocycles. The predicted molar refractivity (Wildman–Crippen MR) is 114 cm³/mol. The Labute approximate surface area is 176 Å². The Morgan fingerprint density at radius 2 is 1.69 bits per heavy atom. The lowest BCUT2D eigenvalue weighted by Crippen LogP contribution is -2.42. The van der Waals surface area contributed by atoms with Crippen LogP contribution in [0.1, 0.15) is 23.2 Å². The Morgan fingerprint density at radius 3 is 2.41 bits per heavy atom. The number of para-hydroxylation sites is 2. The first-order valence-electron chi connectivity index (χ1n) is 10.0. The third-order valence-electron chi connectivity index (χ3n) is 6.06. The molecule has 0 aromatic heterocycles. The third kappa shape index (κ3) is 4.09. The second-order valence-corrected chi connectivity index (χ2v) is 8.62. The number of carbonyl (C=O) groups excluding carboxylic acids is 1. The van der Waals surface area contributed by atoms with Gasteiger partial charge in [-0.1, -0.05) is 24.3 Å². The number of rotatable bonds is 5. The van der Waals surface area contributed by atoms with Crippen LogP contribution in [0, 0.1) is 11.8 Å². The number of aliphatic hydroxyl groups excluding tert-OH is 1. The van der Waals surface area contributed by atoms with Crippen molar-refractivity contribution in [3.05, 3.63) is 54.1 Å².